The lowest BCUT2D eigenvalue weighted by Gasteiger charge is -1.98. The average molecular weight is 214 g/mol. The van der Waals surface area contributed by atoms with Crippen molar-refractivity contribution < 1.29 is 19.1 Å². The van der Waals surface area contributed by atoms with Crippen LogP contribution in [0.25, 0.3) is 0 Å². The summed E-state index contributed by atoms with van der Waals surface area (Å²) in [5, 5.41) is 0. The second-order valence-electron chi connectivity index (χ2n) is 2.56. The van der Waals surface area contributed by atoms with Crippen molar-refractivity contribution in [2.75, 3.05) is 14.2 Å². The van der Waals surface area contributed by atoms with Crippen LogP contribution >= 0.6 is 11.3 Å². The zero-order valence-electron chi connectivity index (χ0n) is 8.12. The van der Waals surface area contributed by atoms with E-state index in [1.165, 1.54) is 21.1 Å². The van der Waals surface area contributed by atoms with Crippen LogP contribution < -0.4 is 4.74 Å². The molecule has 0 aromatic carbocycles. The maximum Gasteiger partial charge on any atom is 0.351 e. The number of Topliss-reactive ketones (excluding diaryl/α,β-unsaturated/α-hetero) is 1. The Balaban J connectivity index is 3.15. The van der Waals surface area contributed by atoms with E-state index in [9.17, 15) is 9.59 Å². The molecule has 0 aliphatic rings. The van der Waals surface area contributed by atoms with Crippen molar-refractivity contribution in [3.63, 3.8) is 0 Å². The molecule has 0 saturated heterocycles. The predicted octanol–water partition coefficient (Wildman–Crippen LogP) is 1.75. The van der Waals surface area contributed by atoms with Gasteiger partial charge in [-0.3, -0.25) is 4.79 Å². The van der Waals surface area contributed by atoms with E-state index in [2.05, 4.69) is 4.74 Å². The lowest BCUT2D eigenvalue weighted by Crippen LogP contribution is -1.99. The van der Waals surface area contributed by atoms with Gasteiger partial charge < -0.3 is 9.47 Å². The molecular formula is C9H10O4S. The predicted molar refractivity (Wildman–Crippen MR) is 52.2 cm³/mol. The number of hydrogen-bond donors (Lipinski definition) is 0. The Bertz CT molecular complexity index is 367. The van der Waals surface area contributed by atoms with Gasteiger partial charge in [-0.05, 0) is 6.92 Å². The molecule has 0 aliphatic carbocycles. The Hall–Kier alpha value is -1.36. The number of carbonyl (C=O) groups is 2. The van der Waals surface area contributed by atoms with Crippen LogP contribution in [0, 0.1) is 0 Å². The molecule has 0 bridgehead atoms. The number of carbonyl (C=O) groups excluding carboxylic acids is 2. The molecule has 0 unspecified atom stereocenters. The van der Waals surface area contributed by atoms with E-state index in [0.717, 1.165) is 11.3 Å². The van der Waals surface area contributed by atoms with Gasteiger partial charge in [-0.15, -0.1) is 11.3 Å². The van der Waals surface area contributed by atoms with Crippen LogP contribution in [0.3, 0.4) is 0 Å². The highest BCUT2D eigenvalue weighted by Gasteiger charge is 2.18. The smallest absolute Gasteiger partial charge is 0.351 e. The quantitative estimate of drug-likeness (QED) is 0.568. The number of hydrogen-bond acceptors (Lipinski definition) is 5. The molecule has 76 valence electrons. The van der Waals surface area contributed by atoms with E-state index in [0.29, 0.717) is 15.5 Å². The van der Waals surface area contributed by atoms with Crippen molar-refractivity contribution in [2.45, 2.75) is 6.92 Å². The van der Waals surface area contributed by atoms with Crippen LogP contribution in [0.4, 0.5) is 0 Å². The molecule has 0 N–H and O–H groups in total. The van der Waals surface area contributed by atoms with E-state index in [-0.39, 0.29) is 5.78 Å². The van der Waals surface area contributed by atoms with Gasteiger partial charge in [0.15, 0.2) is 10.7 Å². The molecule has 0 aliphatic heterocycles. The molecule has 1 rings (SSSR count). The zero-order chi connectivity index (χ0) is 10.7. The molecular weight excluding hydrogens is 204 g/mol. The van der Waals surface area contributed by atoms with Crippen LogP contribution in [-0.2, 0) is 4.74 Å². The van der Waals surface area contributed by atoms with Gasteiger partial charge >= 0.3 is 5.97 Å². The first-order valence-electron chi connectivity index (χ1n) is 3.87. The fraction of sp³-hybridized carbons (Fsp3) is 0.333. The van der Waals surface area contributed by atoms with Crippen molar-refractivity contribution >= 4 is 23.1 Å². The van der Waals surface area contributed by atoms with Crippen LogP contribution in [0.5, 0.6) is 5.75 Å². The number of ketones is 1. The largest absolute Gasteiger partial charge is 0.495 e. The normalized spacial score (nSPS) is 9.64. The van der Waals surface area contributed by atoms with Gasteiger partial charge in [-0.1, -0.05) is 0 Å². The van der Waals surface area contributed by atoms with Gasteiger partial charge in [-0.25, -0.2) is 4.79 Å². The van der Waals surface area contributed by atoms with Gasteiger partial charge in [0, 0.05) is 6.07 Å². The lowest BCUT2D eigenvalue weighted by atomic mass is 10.3. The second-order valence-corrected chi connectivity index (χ2v) is 3.61. The van der Waals surface area contributed by atoms with E-state index >= 15 is 0 Å². The Morgan fingerprint density at radius 1 is 1.36 bits per heavy atom. The summed E-state index contributed by atoms with van der Waals surface area (Å²) in [6.07, 6.45) is 0. The number of ether oxygens (including phenoxy) is 2. The molecule has 14 heavy (non-hydrogen) atoms. The van der Waals surface area contributed by atoms with Gasteiger partial charge in [0.25, 0.3) is 0 Å². The van der Waals surface area contributed by atoms with Crippen LogP contribution in [0.2, 0.25) is 0 Å². The number of rotatable bonds is 3. The minimum Gasteiger partial charge on any atom is -0.495 e. The maximum atomic E-state index is 11.2. The minimum absolute atomic E-state index is 0.0940. The molecule has 4 nitrogen and oxygen atoms in total. The van der Waals surface area contributed by atoms with Crippen LogP contribution in [0.15, 0.2) is 6.07 Å². The lowest BCUT2D eigenvalue weighted by molar-refractivity contribution is 0.0603. The third-order valence-corrected chi connectivity index (χ3v) is 2.83. The van der Waals surface area contributed by atoms with Crippen molar-refractivity contribution in [1.29, 1.82) is 0 Å². The first kappa shape index (κ1) is 10.7. The first-order chi connectivity index (χ1) is 6.60. The summed E-state index contributed by atoms with van der Waals surface area (Å²) in [6.45, 7) is 1.44. The fourth-order valence-electron chi connectivity index (χ4n) is 0.934. The second kappa shape index (κ2) is 4.23. The van der Waals surface area contributed by atoms with E-state index in [4.69, 9.17) is 4.74 Å². The number of methoxy groups -OCH3 is 2. The Morgan fingerprint density at radius 3 is 2.43 bits per heavy atom. The van der Waals surface area contributed by atoms with Crippen molar-refractivity contribution in [3.05, 3.63) is 15.8 Å². The Kier molecular flexibility index (Phi) is 3.24. The summed E-state index contributed by atoms with van der Waals surface area (Å²) < 4.78 is 9.51. The summed E-state index contributed by atoms with van der Waals surface area (Å²) in [7, 11) is 2.73. The summed E-state index contributed by atoms with van der Waals surface area (Å²) in [4.78, 5) is 23.1. The molecule has 0 amide bonds. The topological polar surface area (TPSA) is 52.6 Å². The van der Waals surface area contributed by atoms with E-state index in [1.54, 1.807) is 6.07 Å². The number of thiophene rings is 1. The summed E-state index contributed by atoms with van der Waals surface area (Å²) >= 11 is 1.08. The van der Waals surface area contributed by atoms with Gasteiger partial charge in [0.2, 0.25) is 0 Å². The third kappa shape index (κ3) is 1.93. The standard InChI is InChI=1S/C9H10O4S/c1-5(10)7-4-6(12-2)8(14-7)9(11)13-3/h4H,1-3H3. The first-order valence-corrected chi connectivity index (χ1v) is 4.69. The van der Waals surface area contributed by atoms with Crippen molar-refractivity contribution in [3.8, 4) is 5.75 Å². The van der Waals surface area contributed by atoms with Crippen molar-refractivity contribution in [1.82, 2.24) is 0 Å². The summed E-state index contributed by atoms with van der Waals surface area (Å²) in [5.41, 5.74) is 0. The molecule has 0 radical (unpaired) electrons. The summed E-state index contributed by atoms with van der Waals surface area (Å²) in [6, 6.07) is 1.54. The molecule has 0 spiro atoms. The number of esters is 1. The van der Waals surface area contributed by atoms with Crippen LogP contribution in [0.1, 0.15) is 26.3 Å². The fourth-order valence-corrected chi connectivity index (χ4v) is 1.87. The van der Waals surface area contributed by atoms with Gasteiger partial charge in [-0.2, -0.15) is 0 Å². The summed E-state index contributed by atoms with van der Waals surface area (Å²) in [5.74, 6) is -0.199. The molecule has 0 fully saturated rings. The molecule has 0 saturated carbocycles. The molecule has 0 atom stereocenters. The molecule has 5 heteroatoms. The highest BCUT2D eigenvalue weighted by atomic mass is 32.1. The monoisotopic (exact) mass is 214 g/mol. The average Bonchev–Trinajstić information content (AvgIpc) is 2.60. The van der Waals surface area contributed by atoms with E-state index < -0.39 is 5.97 Å². The van der Waals surface area contributed by atoms with Gasteiger partial charge in [0.05, 0.1) is 19.1 Å². The maximum absolute atomic E-state index is 11.2. The third-order valence-electron chi connectivity index (χ3n) is 1.64. The minimum atomic E-state index is -0.487. The van der Waals surface area contributed by atoms with Crippen molar-refractivity contribution in [2.24, 2.45) is 0 Å². The SMILES string of the molecule is COC(=O)c1sc(C(C)=O)cc1OC. The molecule has 1 aromatic rings. The molecule has 1 aromatic heterocycles. The highest BCUT2D eigenvalue weighted by molar-refractivity contribution is 7.16. The van der Waals surface area contributed by atoms with E-state index in [1.807, 2.05) is 0 Å². The van der Waals surface area contributed by atoms with Crippen LogP contribution in [-0.4, -0.2) is 26.0 Å². The Morgan fingerprint density at radius 2 is 2.00 bits per heavy atom. The van der Waals surface area contributed by atoms with Gasteiger partial charge in [0.1, 0.15) is 5.75 Å². The zero-order valence-corrected chi connectivity index (χ0v) is 8.94. The Labute approximate surface area is 85.4 Å². The highest BCUT2D eigenvalue weighted by Crippen LogP contribution is 2.29. The molecule has 1 heterocycles.